The van der Waals surface area contributed by atoms with E-state index in [4.69, 9.17) is 28.2 Å². The molecule has 0 atom stereocenters. The fraction of sp³-hybridized carbons (Fsp3) is 0.200. The third-order valence-electron chi connectivity index (χ3n) is 4.14. The molecule has 2 aromatic carbocycles. The molecule has 0 bridgehead atoms. The number of nitrogens with zero attached hydrogens (tertiary/aromatic N) is 2. The highest BCUT2D eigenvalue weighted by Crippen LogP contribution is 2.25. The van der Waals surface area contributed by atoms with Gasteiger partial charge in [0.05, 0.1) is 17.6 Å². The molecule has 134 valence electrons. The van der Waals surface area contributed by atoms with E-state index in [1.165, 1.54) is 6.08 Å². The molecule has 1 N–H and O–H groups in total. The summed E-state index contributed by atoms with van der Waals surface area (Å²) in [7, 11) is 0. The van der Waals surface area contributed by atoms with Crippen molar-refractivity contribution in [1.29, 1.82) is 0 Å². The molecule has 6 heteroatoms. The van der Waals surface area contributed by atoms with Gasteiger partial charge in [0, 0.05) is 23.0 Å². The maximum absolute atomic E-state index is 11.3. The molecule has 1 heterocycles. The summed E-state index contributed by atoms with van der Waals surface area (Å²) >= 11 is 12.4. The summed E-state index contributed by atoms with van der Waals surface area (Å²) in [4.78, 5) is 16.0. The molecule has 3 rings (SSSR count). The van der Waals surface area contributed by atoms with E-state index in [-0.39, 0.29) is 5.91 Å². The van der Waals surface area contributed by atoms with Gasteiger partial charge in [-0.1, -0.05) is 48.0 Å². The smallest absolute Gasteiger partial charge is 0.243 e. The summed E-state index contributed by atoms with van der Waals surface area (Å²) < 4.78 is 2.17. The van der Waals surface area contributed by atoms with Crippen molar-refractivity contribution in [2.24, 2.45) is 0 Å². The summed E-state index contributed by atoms with van der Waals surface area (Å²) in [5, 5.41) is 4.05. The van der Waals surface area contributed by atoms with Gasteiger partial charge in [0.2, 0.25) is 5.91 Å². The van der Waals surface area contributed by atoms with Crippen LogP contribution < -0.4 is 5.32 Å². The second kappa shape index (κ2) is 8.39. The lowest BCUT2D eigenvalue weighted by Crippen LogP contribution is -2.22. The minimum atomic E-state index is -0.161. The van der Waals surface area contributed by atoms with Crippen LogP contribution in [0.2, 0.25) is 10.0 Å². The zero-order valence-electron chi connectivity index (χ0n) is 14.2. The highest BCUT2D eigenvalue weighted by molar-refractivity contribution is 6.35. The van der Waals surface area contributed by atoms with Crippen LogP contribution >= 0.6 is 23.2 Å². The second-order valence-corrected chi connectivity index (χ2v) is 6.78. The van der Waals surface area contributed by atoms with Gasteiger partial charge in [0.25, 0.3) is 0 Å². The molecule has 26 heavy (non-hydrogen) atoms. The topological polar surface area (TPSA) is 46.9 Å². The first-order valence-electron chi connectivity index (χ1n) is 8.37. The van der Waals surface area contributed by atoms with Crippen LogP contribution in [0.1, 0.15) is 17.8 Å². The minimum Gasteiger partial charge on any atom is -0.353 e. The van der Waals surface area contributed by atoms with Gasteiger partial charge in [-0.25, -0.2) is 4.98 Å². The van der Waals surface area contributed by atoms with Crippen molar-refractivity contribution in [2.75, 3.05) is 6.54 Å². The summed E-state index contributed by atoms with van der Waals surface area (Å²) in [5.41, 5.74) is 2.99. The van der Waals surface area contributed by atoms with Crippen molar-refractivity contribution >= 4 is 40.1 Å². The lowest BCUT2D eigenvalue weighted by molar-refractivity contribution is -0.116. The number of hydrogen-bond donors (Lipinski definition) is 1. The first-order valence-corrected chi connectivity index (χ1v) is 9.12. The number of halogens is 2. The van der Waals surface area contributed by atoms with Gasteiger partial charge in [-0.05, 0) is 42.3 Å². The SMILES string of the molecule is C=CC(=O)NCCCc1nc2ccccc2n1Cc1ccc(Cl)cc1Cl. The molecule has 0 saturated heterocycles. The molecule has 0 spiro atoms. The van der Waals surface area contributed by atoms with Crippen molar-refractivity contribution in [3.05, 3.63) is 76.6 Å². The summed E-state index contributed by atoms with van der Waals surface area (Å²) in [6.07, 6.45) is 2.81. The first-order chi connectivity index (χ1) is 12.6. The van der Waals surface area contributed by atoms with Crippen LogP contribution in [-0.4, -0.2) is 22.0 Å². The Hall–Kier alpha value is -2.30. The average Bonchev–Trinajstić information content (AvgIpc) is 2.98. The van der Waals surface area contributed by atoms with Crippen LogP contribution in [0.4, 0.5) is 0 Å². The third kappa shape index (κ3) is 4.26. The Bertz CT molecular complexity index is 949. The normalized spacial score (nSPS) is 10.8. The van der Waals surface area contributed by atoms with Crippen LogP contribution in [0, 0.1) is 0 Å². The van der Waals surface area contributed by atoms with E-state index < -0.39 is 0 Å². The lowest BCUT2D eigenvalue weighted by atomic mass is 10.2. The van der Waals surface area contributed by atoms with Crippen molar-refractivity contribution in [2.45, 2.75) is 19.4 Å². The molecule has 0 aliphatic heterocycles. The summed E-state index contributed by atoms with van der Waals surface area (Å²) in [5.74, 6) is 0.802. The van der Waals surface area contributed by atoms with Crippen LogP contribution in [-0.2, 0) is 17.8 Å². The molecule has 3 aromatic rings. The fourth-order valence-electron chi connectivity index (χ4n) is 2.84. The molecule has 0 saturated carbocycles. The first kappa shape index (κ1) is 18.5. The van der Waals surface area contributed by atoms with Gasteiger partial charge in [-0.15, -0.1) is 0 Å². The Morgan fingerprint density at radius 2 is 2.04 bits per heavy atom. The Kier molecular flexibility index (Phi) is 5.96. The van der Waals surface area contributed by atoms with Crippen LogP contribution in [0.25, 0.3) is 11.0 Å². The number of carbonyl (C=O) groups is 1. The molecule has 0 aliphatic rings. The summed E-state index contributed by atoms with van der Waals surface area (Å²) in [6.45, 7) is 4.65. The predicted octanol–water partition coefficient (Wildman–Crippen LogP) is 4.63. The van der Waals surface area contributed by atoms with Crippen molar-refractivity contribution < 1.29 is 4.79 Å². The molecule has 1 aromatic heterocycles. The van der Waals surface area contributed by atoms with Gasteiger partial charge >= 0.3 is 0 Å². The van der Waals surface area contributed by atoms with E-state index >= 15 is 0 Å². The maximum atomic E-state index is 11.3. The Morgan fingerprint density at radius 1 is 1.23 bits per heavy atom. The number of nitrogens with one attached hydrogen (secondary N) is 1. The van der Waals surface area contributed by atoms with Gasteiger partial charge in [-0.3, -0.25) is 4.79 Å². The number of benzene rings is 2. The second-order valence-electron chi connectivity index (χ2n) is 5.94. The van der Waals surface area contributed by atoms with E-state index in [9.17, 15) is 4.79 Å². The number of hydrogen-bond acceptors (Lipinski definition) is 2. The molecular formula is C20H19Cl2N3O. The third-order valence-corrected chi connectivity index (χ3v) is 4.73. The molecule has 0 unspecified atom stereocenters. The Labute approximate surface area is 162 Å². The molecular weight excluding hydrogens is 369 g/mol. The molecule has 0 aliphatic carbocycles. The van der Waals surface area contributed by atoms with Gasteiger partial charge in [-0.2, -0.15) is 0 Å². The number of rotatable bonds is 7. The zero-order valence-corrected chi connectivity index (χ0v) is 15.7. The fourth-order valence-corrected chi connectivity index (χ4v) is 3.31. The van der Waals surface area contributed by atoms with Crippen LogP contribution in [0.3, 0.4) is 0 Å². The monoisotopic (exact) mass is 387 g/mol. The number of aromatic nitrogens is 2. The van der Waals surface area contributed by atoms with E-state index in [1.54, 1.807) is 6.07 Å². The van der Waals surface area contributed by atoms with Crippen molar-refractivity contribution in [3.63, 3.8) is 0 Å². The predicted molar refractivity (Wildman–Crippen MR) is 107 cm³/mol. The Morgan fingerprint density at radius 3 is 2.81 bits per heavy atom. The quantitative estimate of drug-likeness (QED) is 0.474. The average molecular weight is 388 g/mol. The summed E-state index contributed by atoms with van der Waals surface area (Å²) in [6, 6.07) is 13.6. The minimum absolute atomic E-state index is 0.161. The lowest BCUT2D eigenvalue weighted by Gasteiger charge is -2.11. The zero-order chi connectivity index (χ0) is 18.5. The van der Waals surface area contributed by atoms with E-state index in [0.29, 0.717) is 23.1 Å². The van der Waals surface area contributed by atoms with E-state index in [0.717, 1.165) is 35.3 Å². The molecule has 1 amide bonds. The number of carbonyl (C=O) groups excluding carboxylic acids is 1. The van der Waals surface area contributed by atoms with Gasteiger partial charge in [0.15, 0.2) is 0 Å². The standard InChI is InChI=1S/C20H19Cl2N3O/c1-2-20(26)23-11-5-8-19-24-17-6-3-4-7-18(17)25(19)13-14-9-10-15(21)12-16(14)22/h2-4,6-7,9-10,12H,1,5,8,11,13H2,(H,23,26). The largest absolute Gasteiger partial charge is 0.353 e. The van der Waals surface area contributed by atoms with E-state index in [1.807, 2.05) is 30.3 Å². The number of para-hydroxylation sites is 2. The maximum Gasteiger partial charge on any atom is 0.243 e. The van der Waals surface area contributed by atoms with Crippen LogP contribution in [0.15, 0.2) is 55.1 Å². The number of aryl methyl sites for hydroxylation is 1. The van der Waals surface area contributed by atoms with Crippen molar-refractivity contribution in [3.8, 4) is 0 Å². The van der Waals surface area contributed by atoms with Crippen LogP contribution in [0.5, 0.6) is 0 Å². The number of amides is 1. The molecule has 0 radical (unpaired) electrons. The number of fused-ring (bicyclic) bond motifs is 1. The molecule has 4 nitrogen and oxygen atoms in total. The van der Waals surface area contributed by atoms with Gasteiger partial charge in [0.1, 0.15) is 5.82 Å². The van der Waals surface area contributed by atoms with Crippen molar-refractivity contribution in [1.82, 2.24) is 14.9 Å². The Balaban J connectivity index is 1.84. The highest BCUT2D eigenvalue weighted by atomic mass is 35.5. The van der Waals surface area contributed by atoms with Gasteiger partial charge < -0.3 is 9.88 Å². The van der Waals surface area contributed by atoms with E-state index in [2.05, 4.69) is 22.5 Å². The number of imidazole rings is 1. The molecule has 0 fully saturated rings. The highest BCUT2D eigenvalue weighted by Gasteiger charge is 2.12.